The van der Waals surface area contributed by atoms with Crippen LogP contribution in [0.3, 0.4) is 0 Å². The monoisotopic (exact) mass is 335 g/mol. The minimum Gasteiger partial charge on any atom is -0.348 e. The predicted octanol–water partition coefficient (Wildman–Crippen LogP) is 3.47. The molecule has 0 aliphatic carbocycles. The van der Waals surface area contributed by atoms with E-state index in [1.54, 1.807) is 0 Å². The van der Waals surface area contributed by atoms with E-state index in [0.717, 1.165) is 17.5 Å². The minimum absolute atomic E-state index is 0.0249. The number of aromatic nitrogens is 2. The average Bonchev–Trinajstić information content (AvgIpc) is 3.10. The van der Waals surface area contributed by atoms with Crippen LogP contribution in [0.5, 0.6) is 0 Å². The van der Waals surface area contributed by atoms with Gasteiger partial charge in [-0.15, -0.1) is 0 Å². The van der Waals surface area contributed by atoms with Gasteiger partial charge in [-0.05, 0) is 17.5 Å². The van der Waals surface area contributed by atoms with Gasteiger partial charge in [0.1, 0.15) is 0 Å². The third-order valence-corrected chi connectivity index (χ3v) is 4.06. The Kier molecular flexibility index (Phi) is 5.57. The minimum atomic E-state index is -0.170. The van der Waals surface area contributed by atoms with Crippen LogP contribution in [-0.4, -0.2) is 16.0 Å². The van der Waals surface area contributed by atoms with Gasteiger partial charge in [-0.1, -0.05) is 72.7 Å². The molecule has 1 amide bonds. The second-order valence-electron chi connectivity index (χ2n) is 5.86. The number of rotatable bonds is 7. The fraction of sp³-hybridized carbons (Fsp3) is 0.250. The molecule has 25 heavy (non-hydrogen) atoms. The zero-order valence-corrected chi connectivity index (χ0v) is 14.2. The molecule has 0 aliphatic rings. The molecule has 5 nitrogen and oxygen atoms in total. The summed E-state index contributed by atoms with van der Waals surface area (Å²) in [4.78, 5) is 16.8. The second kappa shape index (κ2) is 8.24. The molecule has 1 aromatic heterocycles. The lowest BCUT2D eigenvalue weighted by molar-refractivity contribution is -0.122. The largest absolute Gasteiger partial charge is 0.348 e. The molecule has 0 radical (unpaired) electrons. The first kappa shape index (κ1) is 16.9. The van der Waals surface area contributed by atoms with E-state index in [-0.39, 0.29) is 18.4 Å². The molecule has 3 aromatic rings. The van der Waals surface area contributed by atoms with Crippen molar-refractivity contribution in [3.05, 3.63) is 83.5 Å². The molecule has 0 fully saturated rings. The highest BCUT2D eigenvalue weighted by atomic mass is 16.5. The van der Waals surface area contributed by atoms with Crippen LogP contribution in [0.1, 0.15) is 42.1 Å². The number of hydrogen-bond acceptors (Lipinski definition) is 4. The smallest absolute Gasteiger partial charge is 0.231 e. The Morgan fingerprint density at radius 2 is 1.76 bits per heavy atom. The van der Waals surface area contributed by atoms with E-state index < -0.39 is 0 Å². The molecule has 0 saturated heterocycles. The average molecular weight is 335 g/mol. The number of hydrogen-bond donors (Lipinski definition) is 1. The first-order valence-electron chi connectivity index (χ1n) is 8.44. The molecule has 3 rings (SSSR count). The number of carbonyl (C=O) groups is 1. The topological polar surface area (TPSA) is 68.0 Å². The fourth-order valence-electron chi connectivity index (χ4n) is 2.75. The van der Waals surface area contributed by atoms with Gasteiger partial charge in [0.2, 0.25) is 11.8 Å². The van der Waals surface area contributed by atoms with Crippen molar-refractivity contribution in [2.24, 2.45) is 0 Å². The van der Waals surface area contributed by atoms with E-state index in [9.17, 15) is 4.79 Å². The lowest BCUT2D eigenvalue weighted by Crippen LogP contribution is -2.29. The summed E-state index contributed by atoms with van der Waals surface area (Å²) in [5.41, 5.74) is 2.12. The Morgan fingerprint density at radius 1 is 1.08 bits per heavy atom. The molecule has 1 heterocycles. The van der Waals surface area contributed by atoms with Gasteiger partial charge in [-0.25, -0.2) is 0 Å². The van der Waals surface area contributed by atoms with Gasteiger partial charge in [0.05, 0.1) is 18.9 Å². The van der Waals surface area contributed by atoms with Gasteiger partial charge >= 0.3 is 0 Å². The number of nitrogens with zero attached hydrogens (tertiary/aromatic N) is 2. The van der Waals surface area contributed by atoms with E-state index in [4.69, 9.17) is 4.52 Å². The SMILES string of the molecule is CCC(C(=O)NCc1noc(Cc2ccccc2)n1)c1ccccc1. The van der Waals surface area contributed by atoms with Crippen LogP contribution in [0, 0.1) is 0 Å². The Bertz CT molecular complexity index is 800. The molecule has 0 spiro atoms. The summed E-state index contributed by atoms with van der Waals surface area (Å²) in [6, 6.07) is 19.7. The van der Waals surface area contributed by atoms with Crippen LogP contribution in [0.25, 0.3) is 0 Å². The third kappa shape index (κ3) is 4.53. The summed E-state index contributed by atoms with van der Waals surface area (Å²) >= 11 is 0. The van der Waals surface area contributed by atoms with Crippen LogP contribution in [0.4, 0.5) is 0 Å². The number of amides is 1. The van der Waals surface area contributed by atoms with E-state index in [1.807, 2.05) is 67.6 Å². The van der Waals surface area contributed by atoms with Gasteiger partial charge < -0.3 is 9.84 Å². The van der Waals surface area contributed by atoms with E-state index in [0.29, 0.717) is 18.1 Å². The van der Waals surface area contributed by atoms with Crippen molar-refractivity contribution >= 4 is 5.91 Å². The van der Waals surface area contributed by atoms with Crippen LogP contribution < -0.4 is 5.32 Å². The lowest BCUT2D eigenvalue weighted by Gasteiger charge is -2.14. The van der Waals surface area contributed by atoms with Crippen molar-refractivity contribution in [2.75, 3.05) is 0 Å². The summed E-state index contributed by atoms with van der Waals surface area (Å²) in [6.07, 6.45) is 1.32. The predicted molar refractivity (Wildman–Crippen MR) is 94.9 cm³/mol. The van der Waals surface area contributed by atoms with Crippen LogP contribution in [-0.2, 0) is 17.8 Å². The van der Waals surface area contributed by atoms with Crippen LogP contribution in [0.15, 0.2) is 65.2 Å². The fourth-order valence-corrected chi connectivity index (χ4v) is 2.75. The molecule has 0 bridgehead atoms. The molecule has 128 valence electrons. The third-order valence-electron chi connectivity index (χ3n) is 4.06. The summed E-state index contributed by atoms with van der Waals surface area (Å²) in [5.74, 6) is 0.841. The first-order valence-corrected chi connectivity index (χ1v) is 8.44. The highest BCUT2D eigenvalue weighted by Crippen LogP contribution is 2.19. The summed E-state index contributed by atoms with van der Waals surface area (Å²) in [5, 5.41) is 6.84. The zero-order valence-electron chi connectivity index (χ0n) is 14.2. The van der Waals surface area contributed by atoms with Crippen molar-refractivity contribution in [3.8, 4) is 0 Å². The van der Waals surface area contributed by atoms with Crippen LogP contribution >= 0.6 is 0 Å². The normalized spacial score (nSPS) is 11.9. The summed E-state index contributed by atoms with van der Waals surface area (Å²) < 4.78 is 5.26. The maximum Gasteiger partial charge on any atom is 0.231 e. The van der Waals surface area contributed by atoms with Gasteiger partial charge in [0, 0.05) is 0 Å². The molecule has 0 aliphatic heterocycles. The maximum atomic E-state index is 12.4. The Hall–Kier alpha value is -2.95. The maximum absolute atomic E-state index is 12.4. The Morgan fingerprint density at radius 3 is 2.44 bits per heavy atom. The molecule has 1 N–H and O–H groups in total. The molecular weight excluding hydrogens is 314 g/mol. The van der Waals surface area contributed by atoms with E-state index in [2.05, 4.69) is 15.5 Å². The van der Waals surface area contributed by atoms with E-state index in [1.165, 1.54) is 0 Å². The van der Waals surface area contributed by atoms with Crippen molar-refractivity contribution in [2.45, 2.75) is 32.2 Å². The van der Waals surface area contributed by atoms with Gasteiger partial charge in [-0.2, -0.15) is 4.98 Å². The van der Waals surface area contributed by atoms with Crippen molar-refractivity contribution in [3.63, 3.8) is 0 Å². The number of carbonyl (C=O) groups excluding carboxylic acids is 1. The second-order valence-corrected chi connectivity index (χ2v) is 5.86. The molecule has 2 aromatic carbocycles. The lowest BCUT2D eigenvalue weighted by atomic mass is 9.96. The number of benzene rings is 2. The molecule has 0 saturated carbocycles. The van der Waals surface area contributed by atoms with Gasteiger partial charge in [0.25, 0.3) is 0 Å². The quantitative estimate of drug-likeness (QED) is 0.718. The standard InChI is InChI=1S/C20H21N3O2/c1-2-17(16-11-7-4-8-12-16)20(24)21-14-18-22-19(25-23-18)13-15-9-5-3-6-10-15/h3-12,17H,2,13-14H2,1H3,(H,21,24). The van der Waals surface area contributed by atoms with Gasteiger partial charge in [-0.3, -0.25) is 4.79 Å². The number of nitrogens with one attached hydrogen (secondary N) is 1. The Balaban J connectivity index is 1.57. The highest BCUT2D eigenvalue weighted by molar-refractivity contribution is 5.83. The first-order chi connectivity index (χ1) is 12.3. The molecular formula is C20H21N3O2. The van der Waals surface area contributed by atoms with Crippen molar-refractivity contribution in [1.29, 1.82) is 0 Å². The van der Waals surface area contributed by atoms with Crippen molar-refractivity contribution < 1.29 is 9.32 Å². The summed E-state index contributed by atoms with van der Waals surface area (Å²) in [6.45, 7) is 2.27. The van der Waals surface area contributed by atoms with Gasteiger partial charge in [0.15, 0.2) is 5.82 Å². The van der Waals surface area contributed by atoms with E-state index >= 15 is 0 Å². The molecule has 5 heteroatoms. The summed E-state index contributed by atoms with van der Waals surface area (Å²) in [7, 11) is 0. The Labute approximate surface area is 147 Å². The zero-order chi connectivity index (χ0) is 17.5. The van der Waals surface area contributed by atoms with Crippen molar-refractivity contribution in [1.82, 2.24) is 15.5 Å². The van der Waals surface area contributed by atoms with Crippen LogP contribution in [0.2, 0.25) is 0 Å². The highest BCUT2D eigenvalue weighted by Gasteiger charge is 2.18. The molecule has 1 unspecified atom stereocenters. The molecule has 1 atom stereocenters.